The van der Waals surface area contributed by atoms with Gasteiger partial charge in [-0.1, -0.05) is 53.7 Å². The monoisotopic (exact) mass is 468 g/mol. The minimum atomic E-state index is -0.130. The number of rotatable bonds is 8. The molecule has 3 aromatic heterocycles. The number of carbonyl (C=O) groups excluding carboxylic acids is 1. The van der Waals surface area contributed by atoms with Gasteiger partial charge in [-0.15, -0.1) is 0 Å². The second kappa shape index (κ2) is 9.97. The fraction of sp³-hybridized carbons (Fsp3) is 0.148. The molecule has 7 heteroatoms. The third-order valence-electron chi connectivity index (χ3n) is 5.53. The highest BCUT2D eigenvalue weighted by molar-refractivity contribution is 7.98. The summed E-state index contributed by atoms with van der Waals surface area (Å²) in [6.07, 6.45) is 5.22. The average Bonchev–Trinajstić information content (AvgIpc) is 3.50. The number of imidazole rings is 1. The van der Waals surface area contributed by atoms with Crippen LogP contribution in [0.4, 0.5) is 0 Å². The molecule has 0 saturated carbocycles. The van der Waals surface area contributed by atoms with E-state index in [1.165, 1.54) is 11.1 Å². The Labute approximate surface area is 202 Å². The molecule has 2 aromatic carbocycles. The van der Waals surface area contributed by atoms with Crippen LogP contribution in [0.3, 0.4) is 0 Å². The smallest absolute Gasteiger partial charge is 0.251 e. The first-order valence-electron chi connectivity index (χ1n) is 11.0. The standard InChI is InChI=1S/C27H24N4O2S/c1-19-4-2-5-21(14-19)18-34-27-30-24-11-12-28-16-25(24)31(27)17-20-7-9-22(10-8-20)26(32)29-15-23-6-3-13-33-23/h2-14,16H,15,17-18H2,1H3,(H,29,32). The first kappa shape index (κ1) is 22.0. The number of nitrogens with one attached hydrogen (secondary N) is 1. The van der Waals surface area contributed by atoms with E-state index in [-0.39, 0.29) is 5.91 Å². The van der Waals surface area contributed by atoms with Crippen LogP contribution in [0.5, 0.6) is 0 Å². The molecule has 5 aromatic rings. The molecule has 3 heterocycles. The number of hydrogen-bond donors (Lipinski definition) is 1. The van der Waals surface area contributed by atoms with Gasteiger partial charge < -0.3 is 14.3 Å². The number of furan rings is 1. The Morgan fingerprint density at radius 1 is 1.06 bits per heavy atom. The van der Waals surface area contributed by atoms with E-state index in [1.807, 2.05) is 42.6 Å². The van der Waals surface area contributed by atoms with Crippen molar-refractivity contribution in [1.29, 1.82) is 0 Å². The van der Waals surface area contributed by atoms with E-state index in [2.05, 4.69) is 46.1 Å². The van der Waals surface area contributed by atoms with Crippen LogP contribution in [0.2, 0.25) is 0 Å². The van der Waals surface area contributed by atoms with Gasteiger partial charge in [0.05, 0.1) is 36.6 Å². The van der Waals surface area contributed by atoms with Crippen molar-refractivity contribution < 1.29 is 9.21 Å². The average molecular weight is 469 g/mol. The lowest BCUT2D eigenvalue weighted by atomic mass is 10.1. The first-order chi connectivity index (χ1) is 16.7. The minimum Gasteiger partial charge on any atom is -0.467 e. The van der Waals surface area contributed by atoms with E-state index in [4.69, 9.17) is 9.40 Å². The lowest BCUT2D eigenvalue weighted by Gasteiger charge is -2.10. The van der Waals surface area contributed by atoms with Crippen LogP contribution in [0, 0.1) is 6.92 Å². The third kappa shape index (κ3) is 5.05. The van der Waals surface area contributed by atoms with Crippen LogP contribution >= 0.6 is 11.8 Å². The van der Waals surface area contributed by atoms with Crippen molar-refractivity contribution in [2.75, 3.05) is 0 Å². The number of nitrogens with zero attached hydrogens (tertiary/aromatic N) is 3. The molecule has 0 aliphatic rings. The van der Waals surface area contributed by atoms with Gasteiger partial charge in [0.2, 0.25) is 0 Å². The summed E-state index contributed by atoms with van der Waals surface area (Å²) in [7, 11) is 0. The summed E-state index contributed by atoms with van der Waals surface area (Å²) in [4.78, 5) is 21.6. The van der Waals surface area contributed by atoms with Crippen LogP contribution in [-0.4, -0.2) is 20.4 Å². The number of benzene rings is 2. The Morgan fingerprint density at radius 3 is 2.74 bits per heavy atom. The highest BCUT2D eigenvalue weighted by atomic mass is 32.2. The maximum Gasteiger partial charge on any atom is 0.251 e. The van der Waals surface area contributed by atoms with Crippen molar-refractivity contribution in [2.45, 2.75) is 30.9 Å². The van der Waals surface area contributed by atoms with Crippen molar-refractivity contribution in [3.8, 4) is 0 Å². The van der Waals surface area contributed by atoms with E-state index < -0.39 is 0 Å². The van der Waals surface area contributed by atoms with Crippen LogP contribution in [0.25, 0.3) is 11.0 Å². The molecule has 0 aliphatic heterocycles. The summed E-state index contributed by atoms with van der Waals surface area (Å²) in [6.45, 7) is 3.12. The molecule has 0 fully saturated rings. The molecule has 0 atom stereocenters. The summed E-state index contributed by atoms with van der Waals surface area (Å²) in [6, 6.07) is 21.8. The molecule has 34 heavy (non-hydrogen) atoms. The van der Waals surface area contributed by atoms with Gasteiger partial charge in [-0.25, -0.2) is 4.98 Å². The molecule has 1 amide bonds. The van der Waals surface area contributed by atoms with Crippen LogP contribution in [-0.2, 0) is 18.8 Å². The highest BCUT2D eigenvalue weighted by Crippen LogP contribution is 2.27. The molecule has 0 aliphatic carbocycles. The quantitative estimate of drug-likeness (QED) is 0.300. The van der Waals surface area contributed by atoms with Crippen molar-refractivity contribution in [3.05, 3.63) is 113 Å². The van der Waals surface area contributed by atoms with Crippen molar-refractivity contribution in [3.63, 3.8) is 0 Å². The number of hydrogen-bond acceptors (Lipinski definition) is 5. The van der Waals surface area contributed by atoms with Crippen LogP contribution < -0.4 is 5.32 Å². The molecule has 0 saturated heterocycles. The minimum absolute atomic E-state index is 0.130. The molecule has 0 spiro atoms. The van der Waals surface area contributed by atoms with Gasteiger partial charge in [0.15, 0.2) is 5.16 Å². The maximum absolute atomic E-state index is 12.5. The molecule has 0 unspecified atom stereocenters. The molecule has 0 radical (unpaired) electrons. The van der Waals surface area contributed by atoms with Crippen molar-refractivity contribution in [1.82, 2.24) is 19.9 Å². The van der Waals surface area contributed by atoms with E-state index in [0.29, 0.717) is 18.7 Å². The second-order valence-corrected chi connectivity index (χ2v) is 9.02. The Kier molecular flexibility index (Phi) is 6.44. The zero-order chi connectivity index (χ0) is 23.3. The van der Waals surface area contributed by atoms with Gasteiger partial charge >= 0.3 is 0 Å². The topological polar surface area (TPSA) is 73.0 Å². The van der Waals surface area contributed by atoms with Gasteiger partial charge in [0, 0.05) is 17.5 Å². The summed E-state index contributed by atoms with van der Waals surface area (Å²) in [5.41, 5.74) is 6.14. The Morgan fingerprint density at radius 2 is 1.94 bits per heavy atom. The van der Waals surface area contributed by atoms with Gasteiger partial charge in [0.1, 0.15) is 5.76 Å². The van der Waals surface area contributed by atoms with E-state index in [1.54, 1.807) is 30.3 Å². The van der Waals surface area contributed by atoms with Crippen LogP contribution in [0.1, 0.15) is 32.8 Å². The fourth-order valence-electron chi connectivity index (χ4n) is 3.79. The predicted molar refractivity (Wildman–Crippen MR) is 134 cm³/mol. The normalized spacial score (nSPS) is 11.1. The Balaban J connectivity index is 1.32. The maximum atomic E-state index is 12.5. The number of thioether (sulfide) groups is 1. The number of carbonyl (C=O) groups is 1. The zero-order valence-corrected chi connectivity index (χ0v) is 19.6. The molecule has 6 nitrogen and oxygen atoms in total. The summed E-state index contributed by atoms with van der Waals surface area (Å²) in [5, 5.41) is 3.83. The number of pyridine rings is 1. The van der Waals surface area contributed by atoms with E-state index >= 15 is 0 Å². The summed E-state index contributed by atoms with van der Waals surface area (Å²) >= 11 is 1.72. The molecule has 170 valence electrons. The summed E-state index contributed by atoms with van der Waals surface area (Å²) < 4.78 is 7.46. The lowest BCUT2D eigenvalue weighted by Crippen LogP contribution is -2.22. The fourth-order valence-corrected chi connectivity index (χ4v) is 4.74. The van der Waals surface area contributed by atoms with Gasteiger partial charge in [-0.3, -0.25) is 9.78 Å². The largest absolute Gasteiger partial charge is 0.467 e. The molecular weight excluding hydrogens is 444 g/mol. The highest BCUT2D eigenvalue weighted by Gasteiger charge is 2.13. The van der Waals surface area contributed by atoms with Gasteiger partial charge in [-0.05, 0) is 48.4 Å². The molecule has 5 rings (SSSR count). The zero-order valence-electron chi connectivity index (χ0n) is 18.8. The van der Waals surface area contributed by atoms with Crippen molar-refractivity contribution in [2.24, 2.45) is 0 Å². The number of aryl methyl sites for hydroxylation is 1. The molecular formula is C27H24N4O2S. The van der Waals surface area contributed by atoms with E-state index in [9.17, 15) is 4.79 Å². The number of amides is 1. The second-order valence-electron chi connectivity index (χ2n) is 8.08. The number of fused-ring (bicyclic) bond motifs is 1. The SMILES string of the molecule is Cc1cccc(CSc2nc3ccncc3n2Cc2ccc(C(=O)NCc3ccco3)cc2)c1. The Bertz CT molecular complexity index is 1410. The Hall–Kier alpha value is -3.84. The van der Waals surface area contributed by atoms with Gasteiger partial charge in [0.25, 0.3) is 5.91 Å². The molecule has 1 N–H and O–H groups in total. The van der Waals surface area contributed by atoms with Gasteiger partial charge in [-0.2, -0.15) is 0 Å². The predicted octanol–water partition coefficient (Wildman–Crippen LogP) is 5.60. The van der Waals surface area contributed by atoms with Crippen LogP contribution in [0.15, 0.2) is 95.0 Å². The van der Waals surface area contributed by atoms with Crippen molar-refractivity contribution >= 4 is 28.7 Å². The first-order valence-corrected chi connectivity index (χ1v) is 12.0. The molecule has 0 bridgehead atoms. The van der Waals surface area contributed by atoms with E-state index in [0.717, 1.165) is 33.3 Å². The number of aromatic nitrogens is 3. The lowest BCUT2D eigenvalue weighted by molar-refractivity contribution is 0.0948. The third-order valence-corrected chi connectivity index (χ3v) is 6.57. The summed E-state index contributed by atoms with van der Waals surface area (Å²) in [5.74, 6) is 1.43.